The molecule has 0 amide bonds. The highest BCUT2D eigenvalue weighted by atomic mass is 16.5. The van der Waals surface area contributed by atoms with Crippen molar-refractivity contribution in [3.8, 4) is 11.8 Å². The van der Waals surface area contributed by atoms with E-state index in [1.807, 2.05) is 36.4 Å². The van der Waals surface area contributed by atoms with Crippen LogP contribution in [0.15, 0.2) is 48.5 Å². The van der Waals surface area contributed by atoms with Crippen LogP contribution in [0.25, 0.3) is 0 Å². The fourth-order valence-electron chi connectivity index (χ4n) is 3.85. The third kappa shape index (κ3) is 4.93. The molecule has 4 unspecified atom stereocenters. The molecular weight excluding hydrogens is 370 g/mol. The summed E-state index contributed by atoms with van der Waals surface area (Å²) in [7, 11) is 2.98. The lowest BCUT2D eigenvalue weighted by molar-refractivity contribution is -0.141. The molecule has 0 aromatic heterocycles. The van der Waals surface area contributed by atoms with Crippen LogP contribution in [0.1, 0.15) is 29.0 Å². The minimum atomic E-state index is -0.830. The molecule has 0 spiro atoms. The van der Waals surface area contributed by atoms with Crippen LogP contribution in [-0.2, 0) is 16.0 Å². The Hall–Kier alpha value is -2.92. The van der Waals surface area contributed by atoms with Crippen molar-refractivity contribution in [1.82, 2.24) is 10.9 Å². The van der Waals surface area contributed by atoms with Crippen molar-refractivity contribution in [1.29, 1.82) is 5.26 Å². The number of nitrogens with zero attached hydrogens (tertiary/aromatic N) is 1. The predicted molar refractivity (Wildman–Crippen MR) is 107 cm³/mol. The third-order valence-corrected chi connectivity index (χ3v) is 5.41. The molecule has 3 N–H and O–H groups in total. The fourth-order valence-corrected chi connectivity index (χ4v) is 3.85. The molecule has 0 radical (unpaired) electrons. The molecule has 0 aliphatic carbocycles. The number of hydrazine groups is 1. The van der Waals surface area contributed by atoms with Gasteiger partial charge in [0, 0.05) is 17.9 Å². The standard InChI is InChI=1S/C22H25N3O4/c1-28-17-9-5-14(6-10-17)11-19-21(22(27)25-24-19)18(12-20(26)29-2)16-7-3-15(13-23)4-8-16/h3-10,18-19,21-22,24-25,27H,11-12H2,1-2H3. The summed E-state index contributed by atoms with van der Waals surface area (Å²) in [5, 5.41) is 19.7. The molecule has 29 heavy (non-hydrogen) atoms. The summed E-state index contributed by atoms with van der Waals surface area (Å²) >= 11 is 0. The Kier molecular flexibility index (Phi) is 6.83. The van der Waals surface area contributed by atoms with Gasteiger partial charge in [-0.25, -0.2) is 5.43 Å². The summed E-state index contributed by atoms with van der Waals surface area (Å²) in [6.07, 6.45) is -0.0391. The maximum atomic E-state index is 12.1. The Labute approximate surface area is 170 Å². The second-order valence-corrected chi connectivity index (χ2v) is 7.09. The van der Waals surface area contributed by atoms with Crippen LogP contribution in [0.4, 0.5) is 0 Å². The van der Waals surface area contributed by atoms with E-state index in [1.165, 1.54) is 7.11 Å². The van der Waals surface area contributed by atoms with E-state index in [1.54, 1.807) is 19.2 Å². The summed E-state index contributed by atoms with van der Waals surface area (Å²) in [6, 6.07) is 16.9. The first kappa shape index (κ1) is 20.8. The average Bonchev–Trinajstić information content (AvgIpc) is 3.12. The molecule has 1 aliphatic rings. The molecule has 7 nitrogen and oxygen atoms in total. The van der Waals surface area contributed by atoms with Gasteiger partial charge in [-0.3, -0.25) is 10.2 Å². The lowest BCUT2D eigenvalue weighted by Gasteiger charge is -2.29. The highest BCUT2D eigenvalue weighted by Crippen LogP contribution is 2.36. The first-order valence-corrected chi connectivity index (χ1v) is 9.44. The van der Waals surface area contributed by atoms with Gasteiger partial charge in [0.05, 0.1) is 32.3 Å². The third-order valence-electron chi connectivity index (χ3n) is 5.41. The van der Waals surface area contributed by atoms with Crippen LogP contribution in [0.5, 0.6) is 5.75 Å². The van der Waals surface area contributed by atoms with Crippen molar-refractivity contribution in [2.75, 3.05) is 14.2 Å². The minimum absolute atomic E-state index is 0.108. The molecular formula is C22H25N3O4. The zero-order valence-electron chi connectivity index (χ0n) is 16.5. The van der Waals surface area contributed by atoms with E-state index in [2.05, 4.69) is 16.9 Å². The number of carbonyl (C=O) groups excluding carboxylic acids is 1. The maximum absolute atomic E-state index is 12.1. The molecule has 1 aliphatic heterocycles. The van der Waals surface area contributed by atoms with Crippen molar-refractivity contribution < 1.29 is 19.4 Å². The quantitative estimate of drug-likeness (QED) is 0.615. The lowest BCUT2D eigenvalue weighted by atomic mass is 9.77. The summed E-state index contributed by atoms with van der Waals surface area (Å²) < 4.78 is 10.1. The van der Waals surface area contributed by atoms with E-state index in [9.17, 15) is 9.90 Å². The van der Waals surface area contributed by atoms with Gasteiger partial charge in [-0.1, -0.05) is 24.3 Å². The Morgan fingerprint density at radius 2 is 1.83 bits per heavy atom. The lowest BCUT2D eigenvalue weighted by Crippen LogP contribution is -2.36. The van der Waals surface area contributed by atoms with Gasteiger partial charge in [0.25, 0.3) is 0 Å². The van der Waals surface area contributed by atoms with Crippen LogP contribution in [0.3, 0.4) is 0 Å². The second kappa shape index (κ2) is 9.52. The minimum Gasteiger partial charge on any atom is -0.497 e. The zero-order valence-corrected chi connectivity index (χ0v) is 16.5. The van der Waals surface area contributed by atoms with Gasteiger partial charge in [-0.05, 0) is 41.8 Å². The summed E-state index contributed by atoms with van der Waals surface area (Å²) in [5.74, 6) is -0.120. The Balaban J connectivity index is 1.87. The van der Waals surface area contributed by atoms with E-state index < -0.39 is 6.23 Å². The second-order valence-electron chi connectivity index (χ2n) is 7.09. The Morgan fingerprint density at radius 1 is 1.14 bits per heavy atom. The number of carbonyl (C=O) groups is 1. The topological polar surface area (TPSA) is 104 Å². The van der Waals surface area contributed by atoms with Crippen LogP contribution in [0.2, 0.25) is 0 Å². The summed E-state index contributed by atoms with van der Waals surface area (Å²) in [6.45, 7) is 0. The number of hydrogen-bond acceptors (Lipinski definition) is 7. The van der Waals surface area contributed by atoms with E-state index in [0.717, 1.165) is 16.9 Å². The maximum Gasteiger partial charge on any atom is 0.306 e. The molecule has 152 valence electrons. The normalized spacial score (nSPS) is 21.9. The molecule has 2 aromatic carbocycles. The van der Waals surface area contributed by atoms with Gasteiger partial charge in [-0.2, -0.15) is 5.26 Å². The number of benzene rings is 2. The van der Waals surface area contributed by atoms with Crippen LogP contribution in [-0.4, -0.2) is 37.6 Å². The van der Waals surface area contributed by atoms with Gasteiger partial charge >= 0.3 is 5.97 Å². The number of rotatable bonds is 7. The van der Waals surface area contributed by atoms with E-state index in [-0.39, 0.29) is 30.3 Å². The molecule has 7 heteroatoms. The van der Waals surface area contributed by atoms with Crippen LogP contribution < -0.4 is 15.6 Å². The predicted octanol–water partition coefficient (Wildman–Crippen LogP) is 1.87. The first-order valence-electron chi connectivity index (χ1n) is 9.44. The highest BCUT2D eigenvalue weighted by molar-refractivity contribution is 5.70. The largest absolute Gasteiger partial charge is 0.497 e. The fraction of sp³-hybridized carbons (Fsp3) is 0.364. The number of nitrogens with one attached hydrogen (secondary N) is 2. The number of aliphatic hydroxyl groups excluding tert-OH is 1. The van der Waals surface area contributed by atoms with Crippen molar-refractivity contribution >= 4 is 5.97 Å². The zero-order chi connectivity index (χ0) is 20.8. The van der Waals surface area contributed by atoms with Crippen molar-refractivity contribution in [2.24, 2.45) is 5.92 Å². The number of hydrogen-bond donors (Lipinski definition) is 3. The molecule has 1 fully saturated rings. The molecule has 0 saturated carbocycles. The van der Waals surface area contributed by atoms with Crippen LogP contribution in [0, 0.1) is 17.2 Å². The number of nitriles is 1. The van der Waals surface area contributed by atoms with Gasteiger partial charge in [0.2, 0.25) is 0 Å². The summed E-state index contributed by atoms with van der Waals surface area (Å²) in [5.41, 5.74) is 8.57. The van der Waals surface area contributed by atoms with Gasteiger partial charge in [-0.15, -0.1) is 0 Å². The number of ether oxygens (including phenoxy) is 2. The smallest absolute Gasteiger partial charge is 0.306 e. The van der Waals surface area contributed by atoms with Gasteiger partial charge < -0.3 is 14.6 Å². The first-order chi connectivity index (χ1) is 14.0. The molecule has 4 atom stereocenters. The molecule has 2 aromatic rings. The van der Waals surface area contributed by atoms with Crippen molar-refractivity contribution in [3.63, 3.8) is 0 Å². The number of esters is 1. The average molecular weight is 395 g/mol. The Morgan fingerprint density at radius 3 is 2.41 bits per heavy atom. The van der Waals surface area contributed by atoms with Crippen molar-refractivity contribution in [2.45, 2.75) is 31.0 Å². The highest BCUT2D eigenvalue weighted by Gasteiger charge is 2.41. The van der Waals surface area contributed by atoms with Crippen molar-refractivity contribution in [3.05, 3.63) is 65.2 Å². The van der Waals surface area contributed by atoms with Gasteiger partial charge in [0.15, 0.2) is 0 Å². The number of aliphatic hydroxyl groups is 1. The van der Waals surface area contributed by atoms with Gasteiger partial charge in [0.1, 0.15) is 12.0 Å². The molecule has 1 heterocycles. The summed E-state index contributed by atoms with van der Waals surface area (Å²) in [4.78, 5) is 12.1. The monoisotopic (exact) mass is 395 g/mol. The molecule has 3 rings (SSSR count). The van der Waals surface area contributed by atoms with E-state index in [0.29, 0.717) is 12.0 Å². The van der Waals surface area contributed by atoms with E-state index in [4.69, 9.17) is 14.7 Å². The van der Waals surface area contributed by atoms with E-state index >= 15 is 0 Å². The SMILES string of the molecule is COC(=O)CC(c1ccc(C#N)cc1)C1C(O)NNC1Cc1ccc(OC)cc1. The van der Waals surface area contributed by atoms with Crippen LogP contribution >= 0.6 is 0 Å². The number of methoxy groups -OCH3 is 2. The Bertz CT molecular complexity index is 861. The molecule has 0 bridgehead atoms. The molecule has 1 saturated heterocycles.